The van der Waals surface area contributed by atoms with Crippen molar-refractivity contribution in [2.45, 2.75) is 33.1 Å². The van der Waals surface area contributed by atoms with Crippen LogP contribution >= 0.6 is 12.6 Å². The lowest BCUT2D eigenvalue weighted by Gasteiger charge is -2.22. The van der Waals surface area contributed by atoms with E-state index in [1.54, 1.807) is 13.0 Å². The SMILES string of the molecule is CC(CS)C(=O)Oc1cc(C=N)c(O)c(C(C)(C)C)c1. The van der Waals surface area contributed by atoms with Gasteiger partial charge < -0.3 is 15.3 Å². The number of phenolic OH excluding ortho intramolecular Hbond substituents is 1. The highest BCUT2D eigenvalue weighted by molar-refractivity contribution is 7.80. The molecule has 0 aliphatic rings. The predicted molar refractivity (Wildman–Crippen MR) is 83.3 cm³/mol. The van der Waals surface area contributed by atoms with Gasteiger partial charge in [0.05, 0.1) is 5.92 Å². The Labute approximate surface area is 125 Å². The van der Waals surface area contributed by atoms with Gasteiger partial charge in [0.15, 0.2) is 0 Å². The van der Waals surface area contributed by atoms with Crippen LogP contribution in [0.4, 0.5) is 0 Å². The fraction of sp³-hybridized carbons (Fsp3) is 0.467. The van der Waals surface area contributed by atoms with Crippen molar-refractivity contribution < 1.29 is 14.6 Å². The van der Waals surface area contributed by atoms with Crippen molar-refractivity contribution in [1.82, 2.24) is 0 Å². The van der Waals surface area contributed by atoms with Crippen molar-refractivity contribution in [1.29, 1.82) is 5.41 Å². The maximum Gasteiger partial charge on any atom is 0.314 e. The van der Waals surface area contributed by atoms with Crippen LogP contribution in [-0.2, 0) is 10.2 Å². The third-order valence-electron chi connectivity index (χ3n) is 2.97. The number of aromatic hydroxyl groups is 1. The van der Waals surface area contributed by atoms with Gasteiger partial charge in [-0.3, -0.25) is 4.79 Å². The fourth-order valence-corrected chi connectivity index (χ4v) is 1.81. The van der Waals surface area contributed by atoms with Gasteiger partial charge in [0.25, 0.3) is 0 Å². The second kappa shape index (κ2) is 6.31. The summed E-state index contributed by atoms with van der Waals surface area (Å²) in [7, 11) is 0. The first-order chi connectivity index (χ1) is 9.20. The van der Waals surface area contributed by atoms with E-state index < -0.39 is 0 Å². The molecule has 1 unspecified atom stereocenters. The van der Waals surface area contributed by atoms with Crippen LogP contribution in [0.5, 0.6) is 11.5 Å². The van der Waals surface area contributed by atoms with E-state index in [0.717, 1.165) is 6.21 Å². The van der Waals surface area contributed by atoms with Crippen molar-refractivity contribution in [3.63, 3.8) is 0 Å². The van der Waals surface area contributed by atoms with Gasteiger partial charge in [0.1, 0.15) is 11.5 Å². The molecule has 5 heteroatoms. The number of carbonyl (C=O) groups excluding carboxylic acids is 1. The van der Waals surface area contributed by atoms with Crippen LogP contribution in [0, 0.1) is 11.3 Å². The van der Waals surface area contributed by atoms with Crippen LogP contribution < -0.4 is 4.74 Å². The predicted octanol–water partition coefficient (Wildman–Crippen LogP) is 3.16. The maximum atomic E-state index is 11.8. The van der Waals surface area contributed by atoms with E-state index in [4.69, 9.17) is 10.1 Å². The molecular weight excluding hydrogens is 274 g/mol. The van der Waals surface area contributed by atoms with Gasteiger partial charge in [0.2, 0.25) is 0 Å². The average Bonchev–Trinajstić information content (AvgIpc) is 2.38. The summed E-state index contributed by atoms with van der Waals surface area (Å²) in [5.41, 5.74) is 0.651. The van der Waals surface area contributed by atoms with E-state index in [1.165, 1.54) is 6.07 Å². The molecule has 0 fully saturated rings. The summed E-state index contributed by atoms with van der Waals surface area (Å²) in [6.07, 6.45) is 1.05. The van der Waals surface area contributed by atoms with Gasteiger partial charge >= 0.3 is 5.97 Å². The number of nitrogens with one attached hydrogen (secondary N) is 1. The lowest BCUT2D eigenvalue weighted by Crippen LogP contribution is -2.20. The second-order valence-electron chi connectivity index (χ2n) is 5.81. The highest BCUT2D eigenvalue weighted by atomic mass is 32.1. The Bertz CT molecular complexity index is 521. The summed E-state index contributed by atoms with van der Waals surface area (Å²) < 4.78 is 5.30. The van der Waals surface area contributed by atoms with Gasteiger partial charge in [0, 0.05) is 23.1 Å². The van der Waals surface area contributed by atoms with Gasteiger partial charge in [-0.25, -0.2) is 0 Å². The summed E-state index contributed by atoms with van der Waals surface area (Å²) in [6.45, 7) is 7.56. The molecule has 20 heavy (non-hydrogen) atoms. The lowest BCUT2D eigenvalue weighted by molar-refractivity contribution is -0.137. The molecule has 0 aliphatic carbocycles. The molecular formula is C15H21NO3S. The summed E-state index contributed by atoms with van der Waals surface area (Å²) in [4.78, 5) is 11.8. The Kier molecular flexibility index (Phi) is 5.22. The van der Waals surface area contributed by atoms with Crippen LogP contribution in [0.3, 0.4) is 0 Å². The van der Waals surface area contributed by atoms with Crippen LogP contribution in [-0.4, -0.2) is 23.0 Å². The summed E-state index contributed by atoms with van der Waals surface area (Å²) in [5, 5.41) is 17.5. The van der Waals surface area contributed by atoms with E-state index in [0.29, 0.717) is 22.6 Å². The molecule has 110 valence electrons. The Morgan fingerprint density at radius 1 is 1.50 bits per heavy atom. The monoisotopic (exact) mass is 295 g/mol. The normalized spacial score (nSPS) is 12.8. The number of esters is 1. The van der Waals surface area contributed by atoms with E-state index in [1.807, 2.05) is 20.8 Å². The molecule has 0 aromatic heterocycles. The third-order valence-corrected chi connectivity index (χ3v) is 3.52. The zero-order chi connectivity index (χ0) is 15.5. The van der Waals surface area contributed by atoms with E-state index in [9.17, 15) is 9.90 Å². The molecule has 0 saturated heterocycles. The lowest BCUT2D eigenvalue weighted by atomic mass is 9.85. The van der Waals surface area contributed by atoms with Crippen LogP contribution in [0.2, 0.25) is 0 Å². The summed E-state index contributed by atoms with van der Waals surface area (Å²) >= 11 is 4.07. The molecule has 0 heterocycles. The third kappa shape index (κ3) is 3.76. The molecule has 0 bridgehead atoms. The first-order valence-electron chi connectivity index (χ1n) is 6.41. The number of hydrogen-bond acceptors (Lipinski definition) is 5. The Hall–Kier alpha value is -1.49. The van der Waals surface area contributed by atoms with Crippen molar-refractivity contribution in [3.8, 4) is 11.5 Å². The summed E-state index contributed by atoms with van der Waals surface area (Å²) in [5.74, 6) is 0.107. The Morgan fingerprint density at radius 2 is 2.10 bits per heavy atom. The second-order valence-corrected chi connectivity index (χ2v) is 6.17. The molecule has 1 rings (SSSR count). The molecule has 0 amide bonds. The van der Waals surface area contributed by atoms with Gasteiger partial charge in [-0.2, -0.15) is 12.6 Å². The average molecular weight is 295 g/mol. The number of phenols is 1. The number of thiol groups is 1. The minimum absolute atomic E-state index is 0.0505. The van der Waals surface area contributed by atoms with Crippen molar-refractivity contribution in [2.24, 2.45) is 5.92 Å². The highest BCUT2D eigenvalue weighted by Gasteiger charge is 2.22. The standard InChI is InChI=1S/C15H21NO3S/c1-9(8-20)14(18)19-11-5-10(7-16)13(17)12(6-11)15(2,3)4/h5-7,9,16-17,20H,8H2,1-4H3. The topological polar surface area (TPSA) is 70.4 Å². The molecule has 2 N–H and O–H groups in total. The molecule has 0 saturated carbocycles. The number of carbonyl (C=O) groups is 1. The summed E-state index contributed by atoms with van der Waals surface area (Å²) in [6, 6.07) is 3.13. The van der Waals surface area contributed by atoms with E-state index in [2.05, 4.69) is 12.6 Å². The molecule has 0 aliphatic heterocycles. The van der Waals surface area contributed by atoms with Crippen molar-refractivity contribution >= 4 is 24.8 Å². The zero-order valence-corrected chi connectivity index (χ0v) is 13.1. The largest absolute Gasteiger partial charge is 0.507 e. The van der Waals surface area contributed by atoms with Crippen LogP contribution in [0.15, 0.2) is 12.1 Å². The fourth-order valence-electron chi connectivity index (χ4n) is 1.66. The minimum atomic E-state index is -0.374. The molecule has 1 atom stereocenters. The van der Waals surface area contributed by atoms with Gasteiger partial charge in [-0.05, 0) is 17.5 Å². The maximum absolute atomic E-state index is 11.8. The van der Waals surface area contributed by atoms with Gasteiger partial charge in [-0.1, -0.05) is 27.7 Å². The Morgan fingerprint density at radius 3 is 2.55 bits per heavy atom. The van der Waals surface area contributed by atoms with Gasteiger partial charge in [-0.15, -0.1) is 0 Å². The highest BCUT2D eigenvalue weighted by Crippen LogP contribution is 2.36. The van der Waals surface area contributed by atoms with Crippen molar-refractivity contribution in [3.05, 3.63) is 23.3 Å². The molecule has 1 aromatic rings. The first kappa shape index (κ1) is 16.6. The smallest absolute Gasteiger partial charge is 0.314 e. The Balaban J connectivity index is 3.22. The first-order valence-corrected chi connectivity index (χ1v) is 7.04. The van der Waals surface area contributed by atoms with Crippen LogP contribution in [0.25, 0.3) is 0 Å². The van der Waals surface area contributed by atoms with Crippen LogP contribution in [0.1, 0.15) is 38.8 Å². The number of hydrogen-bond donors (Lipinski definition) is 3. The number of benzene rings is 1. The molecule has 1 aromatic carbocycles. The molecule has 0 radical (unpaired) electrons. The quantitative estimate of drug-likeness (QED) is 0.346. The minimum Gasteiger partial charge on any atom is -0.507 e. The van der Waals surface area contributed by atoms with E-state index in [-0.39, 0.29) is 23.1 Å². The number of ether oxygens (including phenoxy) is 1. The molecule has 4 nitrogen and oxygen atoms in total. The molecule has 0 spiro atoms. The number of rotatable bonds is 4. The van der Waals surface area contributed by atoms with E-state index >= 15 is 0 Å². The van der Waals surface area contributed by atoms with Crippen molar-refractivity contribution in [2.75, 3.05) is 5.75 Å². The zero-order valence-electron chi connectivity index (χ0n) is 12.2.